The fraction of sp³-hybridized carbons (Fsp3) is 0.650. The van der Waals surface area contributed by atoms with Crippen LogP contribution >= 0.6 is 0 Å². The van der Waals surface area contributed by atoms with Crippen molar-refractivity contribution < 1.29 is 9.90 Å². The first kappa shape index (κ1) is 15.2. The summed E-state index contributed by atoms with van der Waals surface area (Å²) in [5.41, 5.74) is 2.07. The third-order valence-corrected chi connectivity index (χ3v) is 6.50. The van der Waals surface area contributed by atoms with Crippen LogP contribution in [0.15, 0.2) is 24.3 Å². The second-order valence-corrected chi connectivity index (χ2v) is 8.35. The molecule has 0 radical (unpaired) electrons. The Hall–Kier alpha value is -1.35. The monoisotopic (exact) mass is 313 g/mol. The Morgan fingerprint density at radius 3 is 2.39 bits per heavy atom. The van der Waals surface area contributed by atoms with Gasteiger partial charge < -0.3 is 10.4 Å². The topological polar surface area (TPSA) is 49.3 Å². The van der Waals surface area contributed by atoms with Gasteiger partial charge in [0, 0.05) is 6.54 Å². The van der Waals surface area contributed by atoms with Crippen LogP contribution in [-0.4, -0.2) is 17.6 Å². The van der Waals surface area contributed by atoms with E-state index in [1.807, 2.05) is 12.1 Å². The van der Waals surface area contributed by atoms with Gasteiger partial charge in [-0.1, -0.05) is 12.1 Å². The van der Waals surface area contributed by atoms with Crippen LogP contribution in [0.4, 0.5) is 0 Å². The molecule has 0 spiro atoms. The molecule has 0 saturated heterocycles. The molecule has 0 aliphatic heterocycles. The van der Waals surface area contributed by atoms with E-state index < -0.39 is 5.97 Å². The third kappa shape index (κ3) is 3.16. The Bertz CT molecular complexity index is 560. The minimum atomic E-state index is -0.847. The molecule has 1 aromatic carbocycles. The lowest BCUT2D eigenvalue weighted by molar-refractivity contribution is -0.0567. The Labute approximate surface area is 138 Å². The SMILES string of the molecule is O=C(O)c1cccc(CNCCC23CC4CC(CC(C4)C2)C3)c1. The van der Waals surface area contributed by atoms with Gasteiger partial charge in [0.05, 0.1) is 5.56 Å². The van der Waals surface area contributed by atoms with Crippen molar-refractivity contribution in [3.05, 3.63) is 35.4 Å². The third-order valence-electron chi connectivity index (χ3n) is 6.50. The zero-order valence-corrected chi connectivity index (χ0v) is 13.8. The number of carboxylic acids is 1. The summed E-state index contributed by atoms with van der Waals surface area (Å²) in [5.74, 6) is 2.22. The number of benzene rings is 1. The predicted octanol–water partition coefficient (Wildman–Crippen LogP) is 4.08. The molecule has 0 amide bonds. The highest BCUT2D eigenvalue weighted by atomic mass is 16.4. The van der Waals surface area contributed by atoms with E-state index in [-0.39, 0.29) is 0 Å². The molecule has 1 aromatic rings. The summed E-state index contributed by atoms with van der Waals surface area (Å²) in [4.78, 5) is 11.0. The molecule has 4 aliphatic rings. The first-order chi connectivity index (χ1) is 11.1. The molecule has 4 fully saturated rings. The minimum Gasteiger partial charge on any atom is -0.478 e. The highest BCUT2D eigenvalue weighted by Gasteiger charge is 2.50. The van der Waals surface area contributed by atoms with Gasteiger partial charge in [0.25, 0.3) is 0 Å². The summed E-state index contributed by atoms with van der Waals surface area (Å²) in [6.07, 6.45) is 10.2. The summed E-state index contributed by atoms with van der Waals surface area (Å²) < 4.78 is 0. The largest absolute Gasteiger partial charge is 0.478 e. The summed E-state index contributed by atoms with van der Waals surface area (Å²) >= 11 is 0. The highest BCUT2D eigenvalue weighted by molar-refractivity contribution is 5.87. The maximum absolute atomic E-state index is 11.0. The van der Waals surface area contributed by atoms with Crippen molar-refractivity contribution in [2.75, 3.05) is 6.54 Å². The number of hydrogen-bond acceptors (Lipinski definition) is 2. The molecular weight excluding hydrogens is 286 g/mol. The van der Waals surface area contributed by atoms with Gasteiger partial charge in [-0.05, 0) is 92.4 Å². The van der Waals surface area contributed by atoms with E-state index in [0.29, 0.717) is 11.0 Å². The number of carboxylic acid groups (broad SMARTS) is 1. The molecule has 124 valence electrons. The maximum Gasteiger partial charge on any atom is 0.335 e. The molecule has 0 atom stereocenters. The lowest BCUT2D eigenvalue weighted by atomic mass is 9.49. The van der Waals surface area contributed by atoms with Crippen molar-refractivity contribution in [1.29, 1.82) is 0 Å². The molecule has 2 N–H and O–H groups in total. The van der Waals surface area contributed by atoms with Crippen LogP contribution in [0.1, 0.15) is 60.9 Å². The van der Waals surface area contributed by atoms with Gasteiger partial charge in [0.15, 0.2) is 0 Å². The average molecular weight is 313 g/mol. The Morgan fingerprint density at radius 1 is 1.13 bits per heavy atom. The van der Waals surface area contributed by atoms with Gasteiger partial charge in [-0.2, -0.15) is 0 Å². The predicted molar refractivity (Wildman–Crippen MR) is 90.3 cm³/mol. The number of nitrogens with one attached hydrogen (secondary N) is 1. The van der Waals surface area contributed by atoms with E-state index in [1.54, 1.807) is 12.1 Å². The van der Waals surface area contributed by atoms with Gasteiger partial charge >= 0.3 is 5.97 Å². The van der Waals surface area contributed by atoms with E-state index in [9.17, 15) is 4.79 Å². The molecule has 3 nitrogen and oxygen atoms in total. The van der Waals surface area contributed by atoms with Crippen LogP contribution in [0.25, 0.3) is 0 Å². The molecule has 0 aromatic heterocycles. The fourth-order valence-electron chi connectivity index (χ4n) is 6.00. The standard InChI is InChI=1S/C20H27NO2/c22-19(23)18-3-1-2-14(9-18)13-21-5-4-20-10-15-6-16(11-20)8-17(7-15)12-20/h1-3,9,15-17,21H,4-8,10-13H2,(H,22,23). The molecule has 4 saturated carbocycles. The summed E-state index contributed by atoms with van der Waals surface area (Å²) in [6.45, 7) is 1.83. The zero-order valence-electron chi connectivity index (χ0n) is 13.8. The number of aromatic carboxylic acids is 1. The van der Waals surface area contributed by atoms with Crippen LogP contribution in [-0.2, 0) is 6.54 Å². The van der Waals surface area contributed by atoms with Crippen LogP contribution in [0.5, 0.6) is 0 Å². The lowest BCUT2D eigenvalue weighted by Gasteiger charge is -2.57. The number of rotatable bonds is 6. The summed E-state index contributed by atoms with van der Waals surface area (Å²) in [6, 6.07) is 7.27. The highest BCUT2D eigenvalue weighted by Crippen LogP contribution is 2.61. The first-order valence-electron chi connectivity index (χ1n) is 9.15. The van der Waals surface area contributed by atoms with Crippen LogP contribution in [0.3, 0.4) is 0 Å². The Balaban J connectivity index is 1.29. The van der Waals surface area contributed by atoms with Crippen molar-refractivity contribution in [2.45, 2.75) is 51.5 Å². The maximum atomic E-state index is 11.0. The first-order valence-corrected chi connectivity index (χ1v) is 9.15. The molecular formula is C20H27NO2. The smallest absolute Gasteiger partial charge is 0.335 e. The zero-order chi connectivity index (χ0) is 15.9. The number of carbonyl (C=O) groups is 1. The van der Waals surface area contributed by atoms with Crippen LogP contribution in [0.2, 0.25) is 0 Å². The van der Waals surface area contributed by atoms with E-state index in [2.05, 4.69) is 5.32 Å². The van der Waals surface area contributed by atoms with Crippen molar-refractivity contribution in [2.24, 2.45) is 23.2 Å². The van der Waals surface area contributed by atoms with Crippen molar-refractivity contribution >= 4 is 5.97 Å². The summed E-state index contributed by atoms with van der Waals surface area (Å²) in [7, 11) is 0. The number of hydrogen-bond donors (Lipinski definition) is 2. The van der Waals surface area contributed by atoms with Crippen molar-refractivity contribution in [3.63, 3.8) is 0 Å². The quantitative estimate of drug-likeness (QED) is 0.778. The van der Waals surface area contributed by atoms with Gasteiger partial charge in [-0.25, -0.2) is 4.79 Å². The molecule has 4 bridgehead atoms. The Kier molecular flexibility index (Phi) is 3.92. The van der Waals surface area contributed by atoms with E-state index >= 15 is 0 Å². The molecule has 0 heterocycles. The van der Waals surface area contributed by atoms with E-state index in [0.717, 1.165) is 36.4 Å². The molecule has 3 heteroatoms. The molecule has 0 unspecified atom stereocenters. The van der Waals surface area contributed by atoms with Gasteiger partial charge in [-0.3, -0.25) is 0 Å². The fourth-order valence-corrected chi connectivity index (χ4v) is 6.00. The normalized spacial score (nSPS) is 34.7. The van der Waals surface area contributed by atoms with Crippen LogP contribution in [0, 0.1) is 23.2 Å². The average Bonchev–Trinajstić information content (AvgIpc) is 2.50. The van der Waals surface area contributed by atoms with E-state index in [1.165, 1.54) is 44.9 Å². The van der Waals surface area contributed by atoms with Crippen molar-refractivity contribution in [1.82, 2.24) is 5.32 Å². The second kappa shape index (κ2) is 5.94. The molecule has 4 aliphatic carbocycles. The molecule has 5 rings (SSSR count). The molecule has 23 heavy (non-hydrogen) atoms. The van der Waals surface area contributed by atoms with Gasteiger partial charge in [-0.15, -0.1) is 0 Å². The van der Waals surface area contributed by atoms with Gasteiger partial charge in [0.2, 0.25) is 0 Å². The van der Waals surface area contributed by atoms with Crippen molar-refractivity contribution in [3.8, 4) is 0 Å². The summed E-state index contributed by atoms with van der Waals surface area (Å²) in [5, 5.41) is 12.6. The van der Waals surface area contributed by atoms with Crippen LogP contribution < -0.4 is 5.32 Å². The second-order valence-electron chi connectivity index (χ2n) is 8.35. The van der Waals surface area contributed by atoms with E-state index in [4.69, 9.17) is 5.11 Å². The minimum absolute atomic E-state index is 0.380. The van der Waals surface area contributed by atoms with Gasteiger partial charge in [0.1, 0.15) is 0 Å². The Morgan fingerprint density at radius 2 is 1.78 bits per heavy atom. The lowest BCUT2D eigenvalue weighted by Crippen LogP contribution is -2.47.